The number of amides is 1. The molecule has 2 atom stereocenters. The van der Waals surface area contributed by atoms with E-state index in [-0.39, 0.29) is 23.5 Å². The molecule has 1 amide bonds. The molecule has 132 valence electrons. The predicted molar refractivity (Wildman–Crippen MR) is 99.1 cm³/mol. The number of nitrogens with one attached hydrogen (secondary N) is 1. The van der Waals surface area contributed by atoms with Gasteiger partial charge >= 0.3 is 0 Å². The minimum Gasteiger partial charge on any atom is -0.362 e. The SMILES string of the molecule is C=C1NC2=C(C(=O)CCC2)C(c2ccsc2)C1C(=O)N1CCCCC1. The number of carbonyl (C=O) groups is 2. The van der Waals surface area contributed by atoms with Crippen LogP contribution in [0.1, 0.15) is 50.0 Å². The van der Waals surface area contributed by atoms with Crippen LogP contribution in [0.3, 0.4) is 0 Å². The van der Waals surface area contributed by atoms with Gasteiger partial charge in [-0.25, -0.2) is 0 Å². The molecule has 5 heteroatoms. The highest BCUT2D eigenvalue weighted by Crippen LogP contribution is 2.45. The Morgan fingerprint density at radius 1 is 1.20 bits per heavy atom. The maximum atomic E-state index is 13.3. The Bertz CT molecular complexity index is 729. The van der Waals surface area contributed by atoms with Gasteiger partial charge in [0.2, 0.25) is 5.91 Å². The van der Waals surface area contributed by atoms with Crippen LogP contribution in [0, 0.1) is 5.92 Å². The van der Waals surface area contributed by atoms with Crippen LogP contribution in [0.4, 0.5) is 0 Å². The average molecular weight is 356 g/mol. The molecule has 0 spiro atoms. The fourth-order valence-corrected chi connectivity index (χ4v) is 5.10. The van der Waals surface area contributed by atoms with Crippen LogP contribution in [0.15, 0.2) is 40.4 Å². The summed E-state index contributed by atoms with van der Waals surface area (Å²) in [5.74, 6) is -0.252. The Morgan fingerprint density at radius 3 is 2.72 bits per heavy atom. The molecule has 2 unspecified atom stereocenters. The molecule has 1 N–H and O–H groups in total. The number of carbonyl (C=O) groups excluding carboxylic acids is 2. The van der Waals surface area contributed by atoms with Crippen LogP contribution in [-0.4, -0.2) is 29.7 Å². The smallest absolute Gasteiger partial charge is 0.232 e. The van der Waals surface area contributed by atoms with Crippen molar-refractivity contribution in [2.75, 3.05) is 13.1 Å². The summed E-state index contributed by atoms with van der Waals surface area (Å²) in [6.07, 6.45) is 5.64. The highest BCUT2D eigenvalue weighted by atomic mass is 32.1. The number of likely N-dealkylation sites (tertiary alicyclic amines) is 1. The second kappa shape index (κ2) is 6.79. The molecule has 0 aromatic carbocycles. The van der Waals surface area contributed by atoms with E-state index >= 15 is 0 Å². The lowest BCUT2D eigenvalue weighted by Crippen LogP contribution is -2.47. The van der Waals surface area contributed by atoms with E-state index in [0.29, 0.717) is 6.42 Å². The standard InChI is InChI=1S/C20H24N2O2S/c1-13-17(20(24)22-9-3-2-4-10-22)18(14-8-11-25-12-14)19-15(21-13)6-5-7-16(19)23/h8,11-12,17-18,21H,1-7,9-10H2. The van der Waals surface area contributed by atoms with Gasteiger partial charge < -0.3 is 10.2 Å². The topological polar surface area (TPSA) is 49.4 Å². The third-order valence-electron chi connectivity index (χ3n) is 5.62. The zero-order valence-corrected chi connectivity index (χ0v) is 15.2. The summed E-state index contributed by atoms with van der Waals surface area (Å²) in [4.78, 5) is 28.1. The predicted octanol–water partition coefficient (Wildman–Crippen LogP) is 3.58. The second-order valence-corrected chi connectivity index (χ2v) is 8.00. The van der Waals surface area contributed by atoms with Crippen molar-refractivity contribution in [3.63, 3.8) is 0 Å². The van der Waals surface area contributed by atoms with Crippen LogP contribution < -0.4 is 5.32 Å². The second-order valence-electron chi connectivity index (χ2n) is 7.22. The van der Waals surface area contributed by atoms with Crippen molar-refractivity contribution < 1.29 is 9.59 Å². The molecule has 4 nitrogen and oxygen atoms in total. The molecule has 2 aliphatic heterocycles. The Kier molecular flexibility index (Phi) is 4.50. The fourth-order valence-electron chi connectivity index (χ4n) is 4.41. The summed E-state index contributed by atoms with van der Waals surface area (Å²) in [5, 5.41) is 7.43. The highest BCUT2D eigenvalue weighted by Gasteiger charge is 2.44. The maximum Gasteiger partial charge on any atom is 0.232 e. The maximum absolute atomic E-state index is 13.3. The largest absolute Gasteiger partial charge is 0.362 e. The third-order valence-corrected chi connectivity index (χ3v) is 6.32. The van der Waals surface area contributed by atoms with Crippen LogP contribution in [0.2, 0.25) is 0 Å². The van der Waals surface area contributed by atoms with Crippen molar-refractivity contribution in [2.24, 2.45) is 5.92 Å². The van der Waals surface area contributed by atoms with Crippen molar-refractivity contribution in [3.05, 3.63) is 45.9 Å². The first kappa shape index (κ1) is 16.6. The van der Waals surface area contributed by atoms with Crippen LogP contribution in [0.25, 0.3) is 0 Å². The first-order valence-electron chi connectivity index (χ1n) is 9.20. The molecule has 3 heterocycles. The van der Waals surface area contributed by atoms with Crippen molar-refractivity contribution >= 4 is 23.0 Å². The van der Waals surface area contributed by atoms with Crippen LogP contribution in [-0.2, 0) is 9.59 Å². The Morgan fingerprint density at radius 2 is 2.00 bits per heavy atom. The Hall–Kier alpha value is -1.88. The number of allylic oxidation sites excluding steroid dienone is 2. The van der Waals surface area contributed by atoms with Gasteiger partial charge in [-0.1, -0.05) is 6.58 Å². The lowest BCUT2D eigenvalue weighted by molar-refractivity contribution is -0.136. The average Bonchev–Trinajstić information content (AvgIpc) is 3.15. The number of ketones is 1. The molecule has 1 aliphatic carbocycles. The van der Waals surface area contributed by atoms with E-state index in [4.69, 9.17) is 0 Å². The number of hydrogen-bond donors (Lipinski definition) is 1. The zero-order chi connectivity index (χ0) is 17.4. The van der Waals surface area contributed by atoms with Crippen molar-refractivity contribution in [3.8, 4) is 0 Å². The monoisotopic (exact) mass is 356 g/mol. The minimum atomic E-state index is -0.381. The summed E-state index contributed by atoms with van der Waals surface area (Å²) in [6, 6.07) is 2.05. The van der Waals surface area contributed by atoms with Gasteiger partial charge in [-0.2, -0.15) is 11.3 Å². The van der Waals surface area contributed by atoms with E-state index < -0.39 is 0 Å². The Balaban J connectivity index is 1.76. The molecule has 1 aromatic rings. The summed E-state index contributed by atoms with van der Waals surface area (Å²) in [7, 11) is 0. The van der Waals surface area contributed by atoms with Gasteiger partial charge in [-0.3, -0.25) is 9.59 Å². The minimum absolute atomic E-state index is 0.123. The van der Waals surface area contributed by atoms with E-state index in [1.165, 1.54) is 6.42 Å². The quantitative estimate of drug-likeness (QED) is 0.881. The van der Waals surface area contributed by atoms with Gasteiger partial charge in [0.15, 0.2) is 5.78 Å². The molecule has 0 bridgehead atoms. The molecule has 3 aliphatic rings. The van der Waals surface area contributed by atoms with Crippen LogP contribution >= 0.6 is 11.3 Å². The molecule has 1 aromatic heterocycles. The molecular weight excluding hydrogens is 332 g/mol. The van der Waals surface area contributed by atoms with Gasteiger partial charge in [-0.05, 0) is 54.5 Å². The normalized spacial score (nSPS) is 27.1. The number of thiophene rings is 1. The highest BCUT2D eigenvalue weighted by molar-refractivity contribution is 7.08. The first-order valence-corrected chi connectivity index (χ1v) is 10.1. The lowest BCUT2D eigenvalue weighted by Gasteiger charge is -2.41. The number of Topliss-reactive ketones (excluding diaryl/α,β-unsaturated/α-hetero) is 1. The van der Waals surface area contributed by atoms with E-state index in [9.17, 15) is 9.59 Å². The molecule has 1 fully saturated rings. The van der Waals surface area contributed by atoms with Crippen molar-refractivity contribution in [1.29, 1.82) is 0 Å². The van der Waals surface area contributed by atoms with E-state index in [0.717, 1.165) is 61.3 Å². The molecule has 25 heavy (non-hydrogen) atoms. The summed E-state index contributed by atoms with van der Waals surface area (Å²) in [6.45, 7) is 5.82. The Labute approximate surface area is 152 Å². The third kappa shape index (κ3) is 2.95. The molecule has 0 saturated carbocycles. The van der Waals surface area contributed by atoms with E-state index in [1.807, 2.05) is 10.3 Å². The molecule has 1 saturated heterocycles. The number of piperidine rings is 1. The van der Waals surface area contributed by atoms with Gasteiger partial charge in [0.25, 0.3) is 0 Å². The summed E-state index contributed by atoms with van der Waals surface area (Å²) in [5.41, 5.74) is 3.64. The molecule has 0 radical (unpaired) electrons. The molecule has 4 rings (SSSR count). The van der Waals surface area contributed by atoms with E-state index in [1.54, 1.807) is 11.3 Å². The van der Waals surface area contributed by atoms with Gasteiger partial charge in [-0.15, -0.1) is 0 Å². The molecular formula is C20H24N2O2S. The summed E-state index contributed by atoms with van der Waals surface area (Å²) < 4.78 is 0. The lowest BCUT2D eigenvalue weighted by atomic mass is 9.71. The first-order chi connectivity index (χ1) is 12.2. The van der Waals surface area contributed by atoms with E-state index in [2.05, 4.69) is 23.3 Å². The fraction of sp³-hybridized carbons (Fsp3) is 0.500. The van der Waals surface area contributed by atoms with Gasteiger partial charge in [0, 0.05) is 42.4 Å². The van der Waals surface area contributed by atoms with Crippen LogP contribution in [0.5, 0.6) is 0 Å². The summed E-state index contributed by atoms with van der Waals surface area (Å²) >= 11 is 1.62. The van der Waals surface area contributed by atoms with Gasteiger partial charge in [0.05, 0.1) is 5.92 Å². The number of hydrogen-bond acceptors (Lipinski definition) is 4. The van der Waals surface area contributed by atoms with Crippen molar-refractivity contribution in [2.45, 2.75) is 44.4 Å². The van der Waals surface area contributed by atoms with Gasteiger partial charge in [0.1, 0.15) is 0 Å². The number of rotatable bonds is 2. The van der Waals surface area contributed by atoms with Crippen molar-refractivity contribution in [1.82, 2.24) is 10.2 Å². The zero-order valence-electron chi connectivity index (χ0n) is 14.4. The number of nitrogens with zero attached hydrogens (tertiary/aromatic N) is 1.